The molecule has 5 atom stereocenters. The van der Waals surface area contributed by atoms with Gasteiger partial charge in [-0.15, -0.1) is 69.7 Å². The van der Waals surface area contributed by atoms with Crippen molar-refractivity contribution in [1.29, 1.82) is 0 Å². The molecular weight excluding hydrogens is 1130 g/mol. The Bertz CT molecular complexity index is 2580. The van der Waals surface area contributed by atoms with E-state index < -0.39 is 6.23 Å². The van der Waals surface area contributed by atoms with Crippen LogP contribution in [0.15, 0.2) is 42.6 Å². The van der Waals surface area contributed by atoms with Gasteiger partial charge in [0.15, 0.2) is 6.23 Å². The lowest BCUT2D eigenvalue weighted by molar-refractivity contribution is -0.122. The van der Waals surface area contributed by atoms with Gasteiger partial charge in [-0.25, -0.2) is 0 Å². The Labute approximate surface area is 503 Å². The van der Waals surface area contributed by atoms with Crippen LogP contribution >= 0.6 is 118 Å². The van der Waals surface area contributed by atoms with Crippen molar-refractivity contribution in [2.75, 3.05) is 36.1 Å². The van der Waals surface area contributed by atoms with Crippen molar-refractivity contribution in [2.24, 2.45) is 23.7 Å². The number of likely N-dealkylation sites (N-methyl/N-ethyl adjacent to an activating group) is 2. The molecule has 2 fully saturated rings. The molecule has 0 bridgehead atoms. The molecule has 2 aliphatic carbocycles. The molecule has 0 saturated carbocycles. The van der Waals surface area contributed by atoms with Gasteiger partial charge in [0.2, 0.25) is 0 Å². The average Bonchev–Trinajstić information content (AvgIpc) is 4.28. The lowest BCUT2D eigenvalue weighted by Crippen LogP contribution is -2.31. The standard InChI is InChI=1S/C62H86N2O2S10/c1-11-21-25-39(15-5)35-69-59(70-36-40(16-6)26-22-12-2)53-45-33-48-46(34-47(45)55-49(53)29-43(73-55)31-51-57(65)63(19-9)61(67)75-51)54(50-30-44(74-56(48)50)32-52-58(66)64(20-10)62(68)76-52)60(71-37-41(17-7)27-23-13-3)72-38-42(18-8)28-24-14-4/h29-34,39-42,57,65H,11-28,35-38H2,1-10H3/b51-31+,52-32+,59-53?,60-54?. The van der Waals surface area contributed by atoms with Gasteiger partial charge in [0.05, 0.1) is 4.91 Å². The highest BCUT2D eigenvalue weighted by atomic mass is 32.2. The van der Waals surface area contributed by atoms with Gasteiger partial charge < -0.3 is 10.0 Å². The van der Waals surface area contributed by atoms with Crippen molar-refractivity contribution >= 4 is 156 Å². The van der Waals surface area contributed by atoms with Gasteiger partial charge in [-0.2, -0.15) is 0 Å². The Morgan fingerprint density at radius 3 is 1.30 bits per heavy atom. The van der Waals surface area contributed by atoms with Crippen molar-refractivity contribution in [3.63, 3.8) is 0 Å². The molecule has 76 heavy (non-hydrogen) atoms. The van der Waals surface area contributed by atoms with Gasteiger partial charge >= 0.3 is 0 Å². The van der Waals surface area contributed by atoms with Crippen LogP contribution in [0.1, 0.15) is 204 Å². The van der Waals surface area contributed by atoms with Crippen LogP contribution in [0.2, 0.25) is 0 Å². The molecule has 2 aliphatic heterocycles. The SMILES string of the molecule is CCCCC(CC)CSC(SCC(CC)CCCC)=C1c2cc3c(cc2-c2sc(/C=C4/SC(=S)N(CC)C4=O)cc21)C(=C(SCC(CC)CCCC)SCC(CC)CCCC)c1cc(/C=C2/SC(=S)N(CC)C2O)sc1-3. The number of amides is 1. The minimum Gasteiger partial charge on any atom is -0.369 e. The maximum Gasteiger partial charge on any atom is 0.266 e. The number of thiocarbonyl (C=S) groups is 2. The fraction of sp³-hybridized carbons (Fsp3) is 0.597. The number of rotatable bonds is 32. The molecule has 0 spiro atoms. The number of benzene rings is 1. The molecule has 14 heteroatoms. The first-order valence-corrected chi connectivity index (χ1v) is 37.0. The third-order valence-corrected chi connectivity index (χ3v) is 26.6. The Morgan fingerprint density at radius 1 is 0.553 bits per heavy atom. The summed E-state index contributed by atoms with van der Waals surface area (Å²) in [5.41, 5.74) is 10.8. The van der Waals surface area contributed by atoms with Crippen molar-refractivity contribution in [1.82, 2.24) is 9.80 Å². The topological polar surface area (TPSA) is 43.8 Å². The predicted octanol–water partition coefficient (Wildman–Crippen LogP) is 21.2. The third kappa shape index (κ3) is 15.0. The first-order valence-electron chi connectivity index (χ1n) is 29.0. The van der Waals surface area contributed by atoms with Gasteiger partial charge in [0, 0.05) is 102 Å². The monoisotopic (exact) mass is 1210 g/mol. The van der Waals surface area contributed by atoms with Crippen LogP contribution < -0.4 is 0 Å². The lowest BCUT2D eigenvalue weighted by atomic mass is 9.98. The maximum atomic E-state index is 13.7. The van der Waals surface area contributed by atoms with Crippen molar-refractivity contribution < 1.29 is 9.90 Å². The summed E-state index contributed by atoms with van der Waals surface area (Å²) in [6, 6.07) is 10.1. The van der Waals surface area contributed by atoms with Crippen LogP contribution in [0.5, 0.6) is 0 Å². The summed E-state index contributed by atoms with van der Waals surface area (Å²) in [6.45, 7) is 24.2. The van der Waals surface area contributed by atoms with Crippen LogP contribution in [0, 0.1) is 23.7 Å². The second kappa shape index (κ2) is 30.9. The van der Waals surface area contributed by atoms with E-state index >= 15 is 0 Å². The average molecular weight is 1210 g/mol. The number of nitrogens with zero attached hydrogens (tertiary/aromatic N) is 2. The van der Waals surface area contributed by atoms with Gasteiger partial charge in [0.1, 0.15) is 8.64 Å². The summed E-state index contributed by atoms with van der Waals surface area (Å²) in [4.78, 5) is 24.0. The molecule has 2 saturated heterocycles. The molecule has 2 aromatic heterocycles. The number of thiophene rings is 2. The van der Waals surface area contributed by atoms with E-state index in [2.05, 4.69) is 146 Å². The summed E-state index contributed by atoms with van der Waals surface area (Å²) >= 11 is 26.7. The van der Waals surface area contributed by atoms with Crippen LogP contribution in [-0.4, -0.2) is 71.8 Å². The largest absolute Gasteiger partial charge is 0.369 e. The van der Waals surface area contributed by atoms with Crippen LogP contribution in [0.25, 0.3) is 44.2 Å². The summed E-state index contributed by atoms with van der Waals surface area (Å²) in [6.07, 6.45) is 23.6. The second-order valence-corrected chi connectivity index (χ2v) is 31.2. The minimum absolute atomic E-state index is 0.0205. The Morgan fingerprint density at radius 2 is 0.961 bits per heavy atom. The molecule has 416 valence electrons. The number of aliphatic hydroxyl groups is 1. The number of fused-ring (bicyclic) bond motifs is 6. The quantitative estimate of drug-likeness (QED) is 0.0331. The molecule has 4 heterocycles. The molecule has 3 aromatic rings. The molecule has 4 nitrogen and oxygen atoms in total. The van der Waals surface area contributed by atoms with Gasteiger partial charge in [-0.05, 0) is 111 Å². The fourth-order valence-corrected chi connectivity index (χ4v) is 21.9. The van der Waals surface area contributed by atoms with E-state index in [9.17, 15) is 9.90 Å². The van der Waals surface area contributed by atoms with E-state index in [1.165, 1.54) is 194 Å². The van der Waals surface area contributed by atoms with Crippen LogP contribution in [0.3, 0.4) is 0 Å². The smallest absolute Gasteiger partial charge is 0.266 e. The molecule has 1 aromatic carbocycles. The normalized spacial score (nSPS) is 18.6. The maximum absolute atomic E-state index is 13.7. The summed E-state index contributed by atoms with van der Waals surface area (Å²) < 4.78 is 4.32. The number of unbranched alkanes of at least 4 members (excludes halogenated alkanes) is 4. The fourth-order valence-electron chi connectivity index (χ4n) is 10.5. The third-order valence-electron chi connectivity index (χ3n) is 15.7. The molecular formula is C62H86N2O2S10. The van der Waals surface area contributed by atoms with E-state index in [0.29, 0.717) is 41.1 Å². The first-order chi connectivity index (χ1) is 36.9. The Hall–Kier alpha value is -0.910. The second-order valence-electron chi connectivity index (χ2n) is 21.0. The zero-order valence-electron chi connectivity index (χ0n) is 47.2. The molecule has 1 N–H and O–H groups in total. The first kappa shape index (κ1) is 62.7. The van der Waals surface area contributed by atoms with E-state index in [-0.39, 0.29) is 5.91 Å². The minimum atomic E-state index is -0.716. The highest BCUT2D eigenvalue weighted by Gasteiger charge is 2.38. The number of aliphatic hydroxyl groups excluding tert-OH is 1. The number of hydrogen-bond acceptors (Lipinski definition) is 12. The summed E-state index contributed by atoms with van der Waals surface area (Å²) in [5.74, 6) is 7.19. The zero-order valence-corrected chi connectivity index (χ0v) is 55.4. The number of carbonyl (C=O) groups is 1. The van der Waals surface area contributed by atoms with Crippen molar-refractivity contribution in [2.45, 2.75) is 178 Å². The number of thioether (sulfide) groups is 6. The van der Waals surface area contributed by atoms with Crippen LogP contribution in [-0.2, 0) is 4.79 Å². The molecule has 7 rings (SSSR count). The van der Waals surface area contributed by atoms with Crippen molar-refractivity contribution in [3.05, 3.63) is 74.6 Å². The highest BCUT2D eigenvalue weighted by Crippen LogP contribution is 2.61. The zero-order chi connectivity index (χ0) is 54.5. The highest BCUT2D eigenvalue weighted by molar-refractivity contribution is 8.27. The van der Waals surface area contributed by atoms with E-state index in [0.717, 1.165) is 42.0 Å². The Balaban J connectivity index is 1.48. The van der Waals surface area contributed by atoms with Gasteiger partial charge in [-0.3, -0.25) is 9.69 Å². The van der Waals surface area contributed by atoms with E-state index in [4.69, 9.17) is 24.4 Å². The predicted molar refractivity (Wildman–Crippen MR) is 360 cm³/mol. The van der Waals surface area contributed by atoms with Gasteiger partial charge in [-0.1, -0.05) is 180 Å². The van der Waals surface area contributed by atoms with E-state index in [1.807, 2.05) is 34.5 Å². The molecule has 0 radical (unpaired) electrons. The summed E-state index contributed by atoms with van der Waals surface area (Å²) in [7, 11) is 0. The van der Waals surface area contributed by atoms with E-state index in [1.54, 1.807) is 4.90 Å². The summed E-state index contributed by atoms with van der Waals surface area (Å²) in [5, 5.41) is 11.5. The molecule has 5 unspecified atom stereocenters. The Kier molecular flexibility index (Phi) is 25.5. The molecule has 4 aliphatic rings. The van der Waals surface area contributed by atoms with Crippen molar-refractivity contribution in [3.8, 4) is 20.9 Å². The number of hydrogen-bond donors (Lipinski definition) is 1. The molecule has 1 amide bonds. The number of carbonyl (C=O) groups excluding carboxylic acids is 1. The lowest BCUT2D eigenvalue weighted by Gasteiger charge is -2.21. The van der Waals surface area contributed by atoms with Crippen LogP contribution in [0.4, 0.5) is 0 Å². The van der Waals surface area contributed by atoms with Gasteiger partial charge in [0.25, 0.3) is 5.91 Å².